The molecule has 0 fully saturated rings. The smallest absolute Gasteiger partial charge is 0.150 e. The van der Waals surface area contributed by atoms with Gasteiger partial charge in [0.1, 0.15) is 24.4 Å². The third-order valence-electron chi connectivity index (χ3n) is 2.78. The second kappa shape index (κ2) is 8.67. The van der Waals surface area contributed by atoms with Crippen LogP contribution in [0.25, 0.3) is 0 Å². The standard InChI is InChI=1S/C15H11Br3O3.H2O/c1-20-14-3-2-9(7-19)4-10(14)8-21-15-12(17)5-11(16)6-13(15)18;/h2-7H,8H2,1H3;1H2. The van der Waals surface area contributed by atoms with Crippen molar-refractivity contribution in [2.45, 2.75) is 6.61 Å². The van der Waals surface area contributed by atoms with Crippen molar-refractivity contribution < 1.29 is 19.7 Å². The molecule has 2 aromatic rings. The van der Waals surface area contributed by atoms with Crippen molar-refractivity contribution in [1.82, 2.24) is 0 Å². The molecular formula is C15H13Br3O4. The topological polar surface area (TPSA) is 67.0 Å². The van der Waals surface area contributed by atoms with Crippen LogP contribution in [0, 0.1) is 0 Å². The predicted octanol–water partition coefficient (Wildman–Crippen LogP) is 4.55. The molecule has 0 aliphatic rings. The van der Waals surface area contributed by atoms with Crippen LogP contribution in [0.3, 0.4) is 0 Å². The molecule has 2 rings (SSSR count). The predicted molar refractivity (Wildman–Crippen MR) is 95.9 cm³/mol. The Hall–Kier alpha value is -0.890. The first-order chi connectivity index (χ1) is 10.0. The molecule has 0 spiro atoms. The number of carbonyl (C=O) groups excluding carboxylic acids is 1. The van der Waals surface area contributed by atoms with Crippen molar-refractivity contribution in [3.63, 3.8) is 0 Å². The Morgan fingerprint density at radius 3 is 2.27 bits per heavy atom. The molecule has 0 aliphatic carbocycles. The molecule has 0 saturated carbocycles. The zero-order valence-electron chi connectivity index (χ0n) is 11.5. The fourth-order valence-corrected chi connectivity index (χ4v) is 4.29. The van der Waals surface area contributed by atoms with Crippen LogP contribution in [0.5, 0.6) is 11.5 Å². The summed E-state index contributed by atoms with van der Waals surface area (Å²) >= 11 is 10.3. The lowest BCUT2D eigenvalue weighted by atomic mass is 10.1. The van der Waals surface area contributed by atoms with E-state index in [9.17, 15) is 4.79 Å². The summed E-state index contributed by atoms with van der Waals surface area (Å²) in [4.78, 5) is 10.9. The highest BCUT2D eigenvalue weighted by atomic mass is 79.9. The lowest BCUT2D eigenvalue weighted by Crippen LogP contribution is -2.01. The zero-order chi connectivity index (χ0) is 15.4. The molecule has 0 radical (unpaired) electrons. The van der Waals surface area contributed by atoms with Crippen molar-refractivity contribution in [1.29, 1.82) is 0 Å². The molecule has 0 amide bonds. The normalized spacial score (nSPS) is 9.82. The molecule has 118 valence electrons. The lowest BCUT2D eigenvalue weighted by molar-refractivity contribution is 0.112. The Kier molecular flexibility index (Phi) is 7.55. The molecule has 0 saturated heterocycles. The van der Waals surface area contributed by atoms with Crippen LogP contribution in [0.4, 0.5) is 0 Å². The van der Waals surface area contributed by atoms with Gasteiger partial charge in [-0.05, 0) is 62.2 Å². The van der Waals surface area contributed by atoms with Crippen molar-refractivity contribution in [2.75, 3.05) is 7.11 Å². The summed E-state index contributed by atoms with van der Waals surface area (Å²) in [5, 5.41) is 0. The number of benzene rings is 2. The average molecular weight is 497 g/mol. The number of ether oxygens (including phenoxy) is 2. The molecule has 0 bridgehead atoms. The number of rotatable bonds is 5. The summed E-state index contributed by atoms with van der Waals surface area (Å²) in [5.74, 6) is 1.38. The van der Waals surface area contributed by atoms with E-state index in [1.54, 1.807) is 25.3 Å². The molecule has 0 aromatic heterocycles. The van der Waals surface area contributed by atoms with E-state index in [1.807, 2.05) is 12.1 Å². The number of halogens is 3. The van der Waals surface area contributed by atoms with Gasteiger partial charge in [0.05, 0.1) is 16.1 Å². The Balaban J connectivity index is 0.00000242. The van der Waals surface area contributed by atoms with Crippen molar-refractivity contribution in [3.05, 3.63) is 54.9 Å². The molecule has 2 N–H and O–H groups in total. The maximum atomic E-state index is 10.9. The van der Waals surface area contributed by atoms with Crippen LogP contribution in [0.15, 0.2) is 43.7 Å². The van der Waals surface area contributed by atoms with Crippen molar-refractivity contribution in [3.8, 4) is 11.5 Å². The minimum atomic E-state index is 0. The van der Waals surface area contributed by atoms with Gasteiger partial charge in [-0.2, -0.15) is 0 Å². The monoisotopic (exact) mass is 494 g/mol. The fraction of sp³-hybridized carbons (Fsp3) is 0.133. The molecular weight excluding hydrogens is 484 g/mol. The van der Waals surface area contributed by atoms with Crippen molar-refractivity contribution in [2.24, 2.45) is 0 Å². The van der Waals surface area contributed by atoms with E-state index < -0.39 is 0 Å². The minimum Gasteiger partial charge on any atom is -0.496 e. The van der Waals surface area contributed by atoms with Gasteiger partial charge in [0.25, 0.3) is 0 Å². The molecule has 0 atom stereocenters. The molecule has 4 nitrogen and oxygen atoms in total. The van der Waals surface area contributed by atoms with Gasteiger partial charge >= 0.3 is 0 Å². The van der Waals surface area contributed by atoms with Crippen LogP contribution in [-0.2, 0) is 6.61 Å². The second-order valence-corrected chi connectivity index (χ2v) is 6.80. The summed E-state index contributed by atoms with van der Waals surface area (Å²) in [6, 6.07) is 9.03. The average Bonchev–Trinajstić information content (AvgIpc) is 2.45. The van der Waals surface area contributed by atoms with E-state index in [0.29, 0.717) is 23.7 Å². The highest BCUT2D eigenvalue weighted by Gasteiger charge is 2.11. The van der Waals surface area contributed by atoms with E-state index in [1.165, 1.54) is 0 Å². The minimum absolute atomic E-state index is 0. The van der Waals surface area contributed by atoms with E-state index in [2.05, 4.69) is 47.8 Å². The molecule has 22 heavy (non-hydrogen) atoms. The first kappa shape index (κ1) is 19.2. The van der Waals surface area contributed by atoms with Crippen LogP contribution in [-0.4, -0.2) is 18.9 Å². The molecule has 0 unspecified atom stereocenters. The van der Waals surface area contributed by atoms with E-state index >= 15 is 0 Å². The van der Waals surface area contributed by atoms with Crippen LogP contribution >= 0.6 is 47.8 Å². The van der Waals surface area contributed by atoms with Gasteiger partial charge in [0, 0.05) is 15.6 Å². The van der Waals surface area contributed by atoms with E-state index in [4.69, 9.17) is 9.47 Å². The molecule has 7 heteroatoms. The van der Waals surface area contributed by atoms with Gasteiger partial charge in [-0.25, -0.2) is 0 Å². The van der Waals surface area contributed by atoms with Gasteiger partial charge in [-0.15, -0.1) is 0 Å². The summed E-state index contributed by atoms with van der Waals surface area (Å²) < 4.78 is 13.7. The third-order valence-corrected chi connectivity index (χ3v) is 4.41. The van der Waals surface area contributed by atoms with Gasteiger partial charge < -0.3 is 14.9 Å². The summed E-state index contributed by atoms with van der Waals surface area (Å²) in [6.07, 6.45) is 0.800. The van der Waals surface area contributed by atoms with Crippen molar-refractivity contribution >= 4 is 54.1 Å². The first-order valence-electron chi connectivity index (χ1n) is 5.94. The summed E-state index contributed by atoms with van der Waals surface area (Å²) in [5.41, 5.74) is 1.40. The Morgan fingerprint density at radius 2 is 1.73 bits per heavy atom. The highest BCUT2D eigenvalue weighted by molar-refractivity contribution is 9.11. The quantitative estimate of drug-likeness (QED) is 0.570. The molecule has 2 aromatic carbocycles. The highest BCUT2D eigenvalue weighted by Crippen LogP contribution is 2.37. The lowest BCUT2D eigenvalue weighted by Gasteiger charge is -2.13. The molecule has 0 aliphatic heterocycles. The summed E-state index contributed by atoms with van der Waals surface area (Å²) in [7, 11) is 1.59. The first-order valence-corrected chi connectivity index (χ1v) is 8.32. The fourth-order valence-electron chi connectivity index (χ4n) is 1.80. The third kappa shape index (κ3) is 4.55. The number of hydrogen-bond acceptors (Lipinski definition) is 3. The Morgan fingerprint density at radius 1 is 1.09 bits per heavy atom. The van der Waals surface area contributed by atoms with Gasteiger partial charge in [-0.1, -0.05) is 15.9 Å². The summed E-state index contributed by atoms with van der Waals surface area (Å²) in [6.45, 7) is 0.295. The number of methoxy groups -OCH3 is 1. The number of aldehydes is 1. The largest absolute Gasteiger partial charge is 0.496 e. The Bertz CT molecular complexity index is 651. The van der Waals surface area contributed by atoms with Gasteiger partial charge in [0.15, 0.2) is 0 Å². The van der Waals surface area contributed by atoms with E-state index in [0.717, 1.165) is 25.3 Å². The van der Waals surface area contributed by atoms with E-state index in [-0.39, 0.29) is 5.48 Å². The van der Waals surface area contributed by atoms with Gasteiger partial charge in [-0.3, -0.25) is 4.79 Å². The second-order valence-electron chi connectivity index (χ2n) is 4.18. The SMILES string of the molecule is COc1ccc(C=O)cc1COc1c(Br)cc(Br)cc1Br.O. The Labute approximate surface area is 153 Å². The van der Waals surface area contributed by atoms with Crippen LogP contribution in [0.2, 0.25) is 0 Å². The number of hydrogen-bond donors (Lipinski definition) is 0. The van der Waals surface area contributed by atoms with Gasteiger partial charge in [0.2, 0.25) is 0 Å². The van der Waals surface area contributed by atoms with Crippen LogP contribution < -0.4 is 9.47 Å². The maximum absolute atomic E-state index is 10.9. The van der Waals surface area contributed by atoms with Crippen LogP contribution in [0.1, 0.15) is 15.9 Å². The maximum Gasteiger partial charge on any atom is 0.150 e. The number of carbonyl (C=O) groups is 1. The molecule has 0 heterocycles. The zero-order valence-corrected chi connectivity index (χ0v) is 16.3.